The lowest BCUT2D eigenvalue weighted by Gasteiger charge is -2.16. The highest BCUT2D eigenvalue weighted by atomic mass is 16.3. The molecule has 0 bridgehead atoms. The van der Waals surface area contributed by atoms with Gasteiger partial charge in [0.1, 0.15) is 0 Å². The third kappa shape index (κ3) is 4.23. The molecule has 1 aliphatic carbocycles. The van der Waals surface area contributed by atoms with Crippen LogP contribution >= 0.6 is 0 Å². The highest BCUT2D eigenvalue weighted by Crippen LogP contribution is 2.40. The molecule has 8 heteroatoms. The van der Waals surface area contributed by atoms with Crippen LogP contribution in [-0.2, 0) is 6.61 Å². The predicted molar refractivity (Wildman–Crippen MR) is 131 cm³/mol. The Morgan fingerprint density at radius 1 is 1.09 bits per heavy atom. The Morgan fingerprint density at radius 3 is 2.59 bits per heavy atom. The number of urea groups is 1. The monoisotopic (exact) mass is 455 g/mol. The van der Waals surface area contributed by atoms with Crippen molar-refractivity contribution < 1.29 is 14.7 Å². The van der Waals surface area contributed by atoms with Gasteiger partial charge >= 0.3 is 6.03 Å². The first kappa shape index (κ1) is 21.7. The molecule has 0 saturated heterocycles. The zero-order valence-electron chi connectivity index (χ0n) is 18.7. The maximum absolute atomic E-state index is 12.9. The summed E-state index contributed by atoms with van der Waals surface area (Å²) in [6, 6.07) is 14.6. The van der Waals surface area contributed by atoms with Gasteiger partial charge in [-0.2, -0.15) is 0 Å². The second-order valence-corrected chi connectivity index (χ2v) is 8.34. The van der Waals surface area contributed by atoms with Gasteiger partial charge in [0.15, 0.2) is 5.65 Å². The number of aliphatic hydroxyl groups is 1. The van der Waals surface area contributed by atoms with Crippen LogP contribution in [0.2, 0.25) is 0 Å². The second kappa shape index (κ2) is 8.99. The van der Waals surface area contributed by atoms with Crippen LogP contribution < -0.4 is 16.0 Å². The molecular formula is C26H25N5O3. The molecule has 5 rings (SSSR count). The molecule has 172 valence electrons. The van der Waals surface area contributed by atoms with Crippen LogP contribution in [0.3, 0.4) is 0 Å². The normalized spacial score (nSPS) is 13.0. The number of nitrogens with zero attached hydrogens (tertiary/aromatic N) is 2. The number of amides is 3. The number of nitrogens with one attached hydrogen (secondary N) is 3. The highest BCUT2D eigenvalue weighted by Gasteiger charge is 2.23. The van der Waals surface area contributed by atoms with E-state index in [1.807, 2.05) is 42.6 Å². The number of benzene rings is 2. The van der Waals surface area contributed by atoms with E-state index in [9.17, 15) is 14.7 Å². The lowest BCUT2D eigenvalue weighted by molar-refractivity contribution is 0.102. The average molecular weight is 456 g/mol. The molecule has 2 aromatic carbocycles. The van der Waals surface area contributed by atoms with E-state index in [4.69, 9.17) is 0 Å². The minimum absolute atomic E-state index is 0.235. The summed E-state index contributed by atoms with van der Waals surface area (Å²) in [5, 5.41) is 18.5. The summed E-state index contributed by atoms with van der Waals surface area (Å²) in [5.74, 6) is 0.395. The molecule has 34 heavy (non-hydrogen) atoms. The van der Waals surface area contributed by atoms with Crippen LogP contribution in [-0.4, -0.2) is 33.5 Å². The van der Waals surface area contributed by atoms with Crippen molar-refractivity contribution in [2.24, 2.45) is 0 Å². The lowest BCUT2D eigenvalue weighted by atomic mass is 9.99. The van der Waals surface area contributed by atoms with Crippen molar-refractivity contribution in [2.45, 2.75) is 25.4 Å². The van der Waals surface area contributed by atoms with Crippen molar-refractivity contribution in [2.75, 3.05) is 17.7 Å². The molecule has 0 aliphatic heterocycles. The number of aliphatic hydroxyl groups excluding tert-OH is 1. The molecule has 4 N–H and O–H groups in total. The summed E-state index contributed by atoms with van der Waals surface area (Å²) in [5.41, 5.74) is 5.55. The van der Waals surface area contributed by atoms with Crippen LogP contribution in [0.25, 0.3) is 16.8 Å². The summed E-state index contributed by atoms with van der Waals surface area (Å²) in [4.78, 5) is 29.2. The maximum atomic E-state index is 12.9. The quantitative estimate of drug-likeness (QED) is 0.346. The minimum atomic E-state index is -0.363. The fourth-order valence-corrected chi connectivity index (χ4v) is 4.12. The van der Waals surface area contributed by atoms with Gasteiger partial charge in [0.2, 0.25) is 0 Å². The Bertz CT molecular complexity index is 1370. The van der Waals surface area contributed by atoms with Crippen LogP contribution in [0, 0.1) is 0 Å². The molecule has 2 aromatic heterocycles. The van der Waals surface area contributed by atoms with Crippen molar-refractivity contribution in [1.82, 2.24) is 14.7 Å². The van der Waals surface area contributed by atoms with Crippen molar-refractivity contribution in [1.29, 1.82) is 0 Å². The smallest absolute Gasteiger partial charge is 0.319 e. The molecule has 1 fully saturated rings. The Morgan fingerprint density at radius 2 is 1.88 bits per heavy atom. The minimum Gasteiger partial charge on any atom is -0.392 e. The van der Waals surface area contributed by atoms with Gasteiger partial charge in [-0.05, 0) is 54.2 Å². The lowest BCUT2D eigenvalue weighted by Crippen LogP contribution is -2.24. The number of carbonyl (C=O) groups is 2. The molecule has 1 saturated carbocycles. The number of imidazole rings is 1. The van der Waals surface area contributed by atoms with Crippen LogP contribution in [0.15, 0.2) is 67.1 Å². The van der Waals surface area contributed by atoms with E-state index in [0.717, 1.165) is 11.1 Å². The van der Waals surface area contributed by atoms with E-state index >= 15 is 0 Å². The van der Waals surface area contributed by atoms with Gasteiger partial charge in [0.05, 0.1) is 12.3 Å². The first-order valence-corrected chi connectivity index (χ1v) is 11.2. The molecule has 0 unspecified atom stereocenters. The number of rotatable bonds is 6. The third-order valence-corrected chi connectivity index (χ3v) is 6.08. The molecule has 0 atom stereocenters. The van der Waals surface area contributed by atoms with Gasteiger partial charge in [-0.15, -0.1) is 0 Å². The predicted octanol–water partition coefficient (Wildman–Crippen LogP) is 4.37. The van der Waals surface area contributed by atoms with Crippen molar-refractivity contribution in [3.63, 3.8) is 0 Å². The fraction of sp³-hybridized carbons (Fsp3) is 0.192. The summed E-state index contributed by atoms with van der Waals surface area (Å²) >= 11 is 0. The molecule has 3 amide bonds. The van der Waals surface area contributed by atoms with Gasteiger partial charge in [-0.25, -0.2) is 9.78 Å². The van der Waals surface area contributed by atoms with Gasteiger partial charge in [-0.3, -0.25) is 4.79 Å². The standard InChI is InChI=1S/C26H25N5O3/c1-27-26(34)30-23-13-19(14-31-12-11-28-24(23)31)20-3-2-4-22(21(20)15-32)29-25(33)18-9-7-17(8-10-18)16-5-6-16/h2-4,7-14,16,32H,5-6,15H2,1H3,(H,29,33)(H2,27,30,34). The van der Waals surface area contributed by atoms with E-state index in [1.54, 1.807) is 28.9 Å². The van der Waals surface area contributed by atoms with E-state index in [-0.39, 0.29) is 18.5 Å². The van der Waals surface area contributed by atoms with E-state index < -0.39 is 0 Å². The molecular weight excluding hydrogens is 430 g/mol. The molecule has 8 nitrogen and oxygen atoms in total. The summed E-state index contributed by atoms with van der Waals surface area (Å²) in [6.07, 6.45) is 7.72. The van der Waals surface area contributed by atoms with Crippen molar-refractivity contribution >= 4 is 29.0 Å². The van der Waals surface area contributed by atoms with Gasteiger partial charge < -0.3 is 25.5 Å². The number of hydrogen-bond acceptors (Lipinski definition) is 4. The number of fused-ring (bicyclic) bond motifs is 1. The van der Waals surface area contributed by atoms with Crippen LogP contribution in [0.1, 0.15) is 40.2 Å². The Kier molecular flexibility index (Phi) is 5.73. The Balaban J connectivity index is 1.48. The summed E-state index contributed by atoms with van der Waals surface area (Å²) in [7, 11) is 1.54. The molecule has 2 heterocycles. The van der Waals surface area contributed by atoms with Crippen LogP contribution in [0.4, 0.5) is 16.2 Å². The van der Waals surface area contributed by atoms with Crippen molar-refractivity contribution in [3.05, 3.63) is 83.8 Å². The number of pyridine rings is 1. The first-order valence-electron chi connectivity index (χ1n) is 11.2. The average Bonchev–Trinajstić information content (AvgIpc) is 3.60. The Hall–Kier alpha value is -4.17. The topological polar surface area (TPSA) is 108 Å². The van der Waals surface area contributed by atoms with Crippen molar-refractivity contribution in [3.8, 4) is 11.1 Å². The molecule has 0 spiro atoms. The number of anilines is 2. The van der Waals surface area contributed by atoms with Gasteiger partial charge in [0.25, 0.3) is 5.91 Å². The first-order chi connectivity index (χ1) is 16.6. The fourth-order valence-electron chi connectivity index (χ4n) is 4.12. The molecule has 4 aromatic rings. The van der Waals surface area contributed by atoms with Gasteiger partial charge in [-0.1, -0.05) is 24.3 Å². The summed E-state index contributed by atoms with van der Waals surface area (Å²) < 4.78 is 1.80. The number of hydrogen-bond donors (Lipinski definition) is 4. The number of aromatic nitrogens is 2. The molecule has 0 radical (unpaired) electrons. The Labute approximate surface area is 196 Å². The van der Waals surface area contributed by atoms with E-state index in [2.05, 4.69) is 20.9 Å². The largest absolute Gasteiger partial charge is 0.392 e. The van der Waals surface area contributed by atoms with Crippen LogP contribution in [0.5, 0.6) is 0 Å². The van der Waals surface area contributed by atoms with Gasteiger partial charge in [0, 0.05) is 48.0 Å². The van der Waals surface area contributed by atoms with E-state index in [0.29, 0.717) is 34.1 Å². The second-order valence-electron chi connectivity index (χ2n) is 8.34. The SMILES string of the molecule is CNC(=O)Nc1cc(-c2cccc(NC(=O)c3ccc(C4CC4)cc3)c2CO)cn2ccnc12. The zero-order chi connectivity index (χ0) is 23.7. The van der Waals surface area contributed by atoms with E-state index in [1.165, 1.54) is 25.5 Å². The third-order valence-electron chi connectivity index (χ3n) is 6.08. The molecule has 1 aliphatic rings. The maximum Gasteiger partial charge on any atom is 0.319 e. The highest BCUT2D eigenvalue weighted by molar-refractivity contribution is 6.05. The summed E-state index contributed by atoms with van der Waals surface area (Å²) in [6.45, 7) is -0.271. The number of carbonyl (C=O) groups excluding carboxylic acids is 2. The zero-order valence-corrected chi connectivity index (χ0v) is 18.7.